The van der Waals surface area contributed by atoms with Crippen molar-refractivity contribution in [2.75, 3.05) is 26.3 Å². The predicted octanol–water partition coefficient (Wildman–Crippen LogP) is 1.08. The Hall–Kier alpha value is -2.30. The van der Waals surface area contributed by atoms with Crippen molar-refractivity contribution in [2.24, 2.45) is 0 Å². The molecule has 2 atom stereocenters. The Morgan fingerprint density at radius 1 is 1.48 bits per heavy atom. The average Bonchev–Trinajstić information content (AvgIpc) is 3.40. The zero-order valence-electron chi connectivity index (χ0n) is 15.8. The minimum Gasteiger partial charge on any atom is -0.463 e. The fourth-order valence-electron chi connectivity index (χ4n) is 3.10. The zero-order valence-corrected chi connectivity index (χ0v) is 17.4. The molecule has 2 aliphatic rings. The highest BCUT2D eigenvalue weighted by molar-refractivity contribution is 7.80. The van der Waals surface area contributed by atoms with E-state index in [0.29, 0.717) is 19.7 Å². The summed E-state index contributed by atoms with van der Waals surface area (Å²) in [5.74, 6) is -1.22. The third kappa shape index (κ3) is 6.34. The van der Waals surface area contributed by atoms with Gasteiger partial charge in [-0.05, 0) is 42.6 Å². The zero-order chi connectivity index (χ0) is 20.6. The van der Waals surface area contributed by atoms with Crippen LogP contribution in [0, 0.1) is 0 Å². The summed E-state index contributed by atoms with van der Waals surface area (Å²) in [5.41, 5.74) is 0. The van der Waals surface area contributed by atoms with Crippen LogP contribution in [0.3, 0.4) is 0 Å². The van der Waals surface area contributed by atoms with Crippen LogP contribution in [0.1, 0.15) is 24.1 Å². The first-order valence-corrected chi connectivity index (χ1v) is 10.7. The monoisotopic (exact) mass is 437 g/mol. The molecule has 2 unspecified atom stereocenters. The summed E-state index contributed by atoms with van der Waals surface area (Å²) in [6.45, 7) is 1.63. The number of hydrogen-bond donors (Lipinski definition) is 2. The van der Waals surface area contributed by atoms with Gasteiger partial charge < -0.3 is 19.7 Å². The molecular weight excluding hydrogens is 414 g/mol. The van der Waals surface area contributed by atoms with Gasteiger partial charge in [-0.15, -0.1) is 11.3 Å². The SMILES string of the molecule is O=C(C=Cc1cccs1)NC(=S)N1CCNC(=O)C1CC(=O)OCC1CCCO1. The molecule has 2 amide bonds. The van der Waals surface area contributed by atoms with Gasteiger partial charge in [0.05, 0.1) is 12.5 Å². The van der Waals surface area contributed by atoms with Crippen LogP contribution in [-0.2, 0) is 23.9 Å². The number of esters is 1. The fraction of sp³-hybridized carbons (Fsp3) is 0.474. The molecule has 29 heavy (non-hydrogen) atoms. The second kappa shape index (κ2) is 10.5. The lowest BCUT2D eigenvalue weighted by molar-refractivity contribution is -0.150. The topological polar surface area (TPSA) is 97.0 Å². The molecule has 0 spiro atoms. The molecule has 10 heteroatoms. The molecule has 0 aliphatic carbocycles. The number of ether oxygens (including phenoxy) is 2. The number of piperazine rings is 1. The molecule has 0 aromatic carbocycles. The van der Waals surface area contributed by atoms with E-state index in [1.54, 1.807) is 11.0 Å². The summed E-state index contributed by atoms with van der Waals surface area (Å²) in [4.78, 5) is 39.1. The summed E-state index contributed by atoms with van der Waals surface area (Å²) < 4.78 is 10.7. The lowest BCUT2D eigenvalue weighted by Crippen LogP contribution is -2.60. The Balaban J connectivity index is 1.53. The first-order chi connectivity index (χ1) is 14.0. The van der Waals surface area contributed by atoms with E-state index in [0.717, 1.165) is 17.7 Å². The van der Waals surface area contributed by atoms with Crippen molar-refractivity contribution < 1.29 is 23.9 Å². The Kier molecular flexibility index (Phi) is 7.73. The Morgan fingerprint density at radius 3 is 3.07 bits per heavy atom. The molecule has 0 bridgehead atoms. The molecule has 2 aliphatic heterocycles. The van der Waals surface area contributed by atoms with Gasteiger partial charge in [-0.1, -0.05) is 6.07 Å². The second-order valence-electron chi connectivity index (χ2n) is 6.67. The number of carbonyl (C=O) groups excluding carboxylic acids is 3. The molecule has 2 N–H and O–H groups in total. The lowest BCUT2D eigenvalue weighted by atomic mass is 10.1. The van der Waals surface area contributed by atoms with Crippen LogP contribution < -0.4 is 10.6 Å². The molecule has 8 nitrogen and oxygen atoms in total. The van der Waals surface area contributed by atoms with Crippen molar-refractivity contribution in [1.82, 2.24) is 15.5 Å². The van der Waals surface area contributed by atoms with E-state index in [1.165, 1.54) is 17.4 Å². The Morgan fingerprint density at radius 2 is 2.34 bits per heavy atom. The summed E-state index contributed by atoms with van der Waals surface area (Å²) in [6, 6.07) is 2.96. The number of amides is 2. The molecule has 2 fully saturated rings. The summed E-state index contributed by atoms with van der Waals surface area (Å²) in [7, 11) is 0. The standard InChI is InChI=1S/C19H23N3O5S2/c23-16(6-5-14-4-2-10-29-14)21-19(28)22-8-7-20-18(25)15(22)11-17(24)27-12-13-3-1-9-26-13/h2,4-6,10,13,15H,1,3,7-9,11-12H2,(H,20,25)(H,21,23,28). The maximum Gasteiger partial charge on any atom is 0.308 e. The minimum atomic E-state index is -0.824. The van der Waals surface area contributed by atoms with E-state index in [4.69, 9.17) is 21.7 Å². The molecule has 156 valence electrons. The van der Waals surface area contributed by atoms with Gasteiger partial charge in [-0.2, -0.15) is 0 Å². The van der Waals surface area contributed by atoms with Gasteiger partial charge in [0.1, 0.15) is 12.6 Å². The van der Waals surface area contributed by atoms with Gasteiger partial charge >= 0.3 is 5.97 Å². The van der Waals surface area contributed by atoms with E-state index in [2.05, 4.69) is 10.6 Å². The second-order valence-corrected chi connectivity index (χ2v) is 8.03. The molecule has 0 radical (unpaired) electrons. The third-order valence-electron chi connectivity index (χ3n) is 4.58. The summed E-state index contributed by atoms with van der Waals surface area (Å²) >= 11 is 6.82. The van der Waals surface area contributed by atoms with E-state index in [-0.39, 0.29) is 30.2 Å². The van der Waals surface area contributed by atoms with Crippen LogP contribution in [-0.4, -0.2) is 66.2 Å². The number of thiocarbonyl (C=S) groups is 1. The normalized spacial score (nSPS) is 21.8. The molecule has 3 heterocycles. The first-order valence-electron chi connectivity index (χ1n) is 9.41. The third-order valence-corrected chi connectivity index (χ3v) is 5.75. The van der Waals surface area contributed by atoms with Crippen molar-refractivity contribution in [3.05, 3.63) is 28.5 Å². The molecule has 3 rings (SSSR count). The van der Waals surface area contributed by atoms with Crippen LogP contribution >= 0.6 is 23.6 Å². The number of carbonyl (C=O) groups is 3. The lowest BCUT2D eigenvalue weighted by Gasteiger charge is -2.36. The smallest absolute Gasteiger partial charge is 0.308 e. The van der Waals surface area contributed by atoms with E-state index >= 15 is 0 Å². The largest absolute Gasteiger partial charge is 0.463 e. The minimum absolute atomic E-state index is 0.0780. The van der Waals surface area contributed by atoms with Crippen LogP contribution in [0.25, 0.3) is 6.08 Å². The fourth-order valence-corrected chi connectivity index (χ4v) is 4.04. The Bertz CT molecular complexity index is 775. The van der Waals surface area contributed by atoms with Crippen molar-refractivity contribution in [2.45, 2.75) is 31.4 Å². The van der Waals surface area contributed by atoms with Gasteiger partial charge in [0.2, 0.25) is 11.8 Å². The van der Waals surface area contributed by atoms with Crippen LogP contribution in [0.2, 0.25) is 0 Å². The van der Waals surface area contributed by atoms with Crippen molar-refractivity contribution in [3.63, 3.8) is 0 Å². The van der Waals surface area contributed by atoms with Gasteiger partial charge in [0.25, 0.3) is 0 Å². The molecule has 2 saturated heterocycles. The highest BCUT2D eigenvalue weighted by atomic mass is 32.1. The van der Waals surface area contributed by atoms with Gasteiger partial charge in [-0.25, -0.2) is 0 Å². The van der Waals surface area contributed by atoms with Crippen molar-refractivity contribution in [3.8, 4) is 0 Å². The maximum atomic E-state index is 12.3. The summed E-state index contributed by atoms with van der Waals surface area (Å²) in [6.07, 6.45) is 4.65. The van der Waals surface area contributed by atoms with Crippen molar-refractivity contribution >= 4 is 52.5 Å². The van der Waals surface area contributed by atoms with E-state index in [1.807, 2.05) is 17.5 Å². The van der Waals surface area contributed by atoms with E-state index < -0.39 is 17.9 Å². The molecule has 1 aromatic rings. The number of thiophene rings is 1. The van der Waals surface area contributed by atoms with Crippen LogP contribution in [0.4, 0.5) is 0 Å². The average molecular weight is 438 g/mol. The van der Waals surface area contributed by atoms with Crippen molar-refractivity contribution in [1.29, 1.82) is 0 Å². The van der Waals surface area contributed by atoms with Crippen LogP contribution in [0.5, 0.6) is 0 Å². The maximum absolute atomic E-state index is 12.3. The predicted molar refractivity (Wildman–Crippen MR) is 112 cm³/mol. The first kappa shape index (κ1) is 21.4. The molecule has 0 saturated carbocycles. The number of rotatable bonds is 6. The summed E-state index contributed by atoms with van der Waals surface area (Å²) in [5, 5.41) is 7.34. The highest BCUT2D eigenvalue weighted by Gasteiger charge is 2.34. The molecular formula is C19H23N3O5S2. The Labute approximate surface area is 178 Å². The van der Waals surface area contributed by atoms with Crippen LogP contribution in [0.15, 0.2) is 23.6 Å². The number of nitrogens with zero attached hydrogens (tertiary/aromatic N) is 1. The van der Waals surface area contributed by atoms with Gasteiger partial charge in [-0.3, -0.25) is 19.7 Å². The quantitative estimate of drug-likeness (QED) is 0.390. The number of nitrogens with one attached hydrogen (secondary N) is 2. The van der Waals surface area contributed by atoms with E-state index in [9.17, 15) is 14.4 Å². The van der Waals surface area contributed by atoms with Gasteiger partial charge in [0.15, 0.2) is 5.11 Å². The number of hydrogen-bond acceptors (Lipinski definition) is 7. The highest BCUT2D eigenvalue weighted by Crippen LogP contribution is 2.14. The van der Waals surface area contributed by atoms with Gasteiger partial charge in [0, 0.05) is 30.6 Å². The molecule has 1 aromatic heterocycles.